The Morgan fingerprint density at radius 3 is 2.67 bits per heavy atom. The van der Waals surface area contributed by atoms with Crippen molar-refractivity contribution in [3.05, 3.63) is 18.0 Å². The zero-order valence-electron chi connectivity index (χ0n) is 12.1. The lowest BCUT2D eigenvalue weighted by Gasteiger charge is -2.17. The Balaban J connectivity index is 2.37. The molecule has 8 heteroatoms. The van der Waals surface area contributed by atoms with Gasteiger partial charge in [-0.1, -0.05) is 6.92 Å². The van der Waals surface area contributed by atoms with Crippen molar-refractivity contribution in [2.75, 3.05) is 13.2 Å². The molecule has 21 heavy (non-hydrogen) atoms. The van der Waals surface area contributed by atoms with Crippen molar-refractivity contribution in [3.8, 4) is 0 Å². The molecule has 1 heterocycles. The maximum absolute atomic E-state index is 12.6. The predicted octanol–water partition coefficient (Wildman–Crippen LogP) is 2.64. The van der Waals surface area contributed by atoms with Gasteiger partial charge in [0.05, 0.1) is 12.3 Å². The van der Waals surface area contributed by atoms with Crippen LogP contribution in [0.1, 0.15) is 32.0 Å². The molecule has 0 radical (unpaired) electrons. The second-order valence-corrected chi connectivity index (χ2v) is 5.09. The van der Waals surface area contributed by atoms with E-state index in [1.165, 1.54) is 0 Å². The quantitative estimate of drug-likeness (QED) is 0.713. The van der Waals surface area contributed by atoms with Crippen LogP contribution in [0.2, 0.25) is 0 Å². The first-order valence-electron chi connectivity index (χ1n) is 6.79. The average molecular weight is 311 g/mol. The third kappa shape index (κ3) is 5.62. The Morgan fingerprint density at radius 1 is 1.43 bits per heavy atom. The van der Waals surface area contributed by atoms with Crippen LogP contribution in [-0.2, 0) is 11.2 Å². The topological polar surface area (TPSA) is 53.1 Å². The van der Waals surface area contributed by atoms with Gasteiger partial charge in [0.25, 0.3) is 0 Å². The van der Waals surface area contributed by atoms with Crippen LogP contribution < -0.4 is 5.73 Å². The molecule has 0 aliphatic heterocycles. The number of halogens is 4. The predicted molar refractivity (Wildman–Crippen MR) is 70.7 cm³/mol. The lowest BCUT2D eigenvalue weighted by molar-refractivity contribution is -0.166. The van der Waals surface area contributed by atoms with E-state index in [1.54, 1.807) is 10.7 Å². The third-order valence-corrected chi connectivity index (χ3v) is 3.12. The van der Waals surface area contributed by atoms with Gasteiger partial charge in [-0.25, -0.2) is 8.78 Å². The second kappa shape index (κ2) is 7.74. The van der Waals surface area contributed by atoms with Gasteiger partial charge in [0.1, 0.15) is 6.61 Å². The van der Waals surface area contributed by atoms with E-state index >= 15 is 0 Å². The Kier molecular flexibility index (Phi) is 6.60. The summed E-state index contributed by atoms with van der Waals surface area (Å²) in [5, 5.41) is 4.32. The summed E-state index contributed by atoms with van der Waals surface area (Å²) >= 11 is 0. The normalized spacial score (nSPS) is 15.4. The number of rotatable bonds is 9. The number of alkyl halides is 4. The fourth-order valence-electron chi connectivity index (χ4n) is 1.66. The number of hydrogen-bond acceptors (Lipinski definition) is 3. The average Bonchev–Trinajstić information content (AvgIpc) is 2.85. The number of hydrogen-bond donors (Lipinski definition) is 1. The van der Waals surface area contributed by atoms with Gasteiger partial charge in [-0.3, -0.25) is 4.68 Å². The minimum atomic E-state index is -4.14. The molecule has 0 amide bonds. The minimum Gasteiger partial charge on any atom is -0.373 e. The summed E-state index contributed by atoms with van der Waals surface area (Å²) in [6, 6.07) is 1.48. The summed E-state index contributed by atoms with van der Waals surface area (Å²) in [7, 11) is 0. The monoisotopic (exact) mass is 311 g/mol. The summed E-state index contributed by atoms with van der Waals surface area (Å²) in [5.41, 5.74) is 6.44. The van der Waals surface area contributed by atoms with E-state index < -0.39 is 25.0 Å². The number of aromatic nitrogens is 2. The molecule has 0 fully saturated rings. The van der Waals surface area contributed by atoms with Crippen molar-refractivity contribution in [1.82, 2.24) is 9.78 Å². The highest BCUT2D eigenvalue weighted by Gasteiger charge is 2.41. The van der Waals surface area contributed by atoms with Crippen LogP contribution in [0.5, 0.6) is 0 Å². The molecular formula is C13H21F4N3O. The molecule has 0 spiro atoms. The van der Waals surface area contributed by atoms with E-state index in [9.17, 15) is 17.6 Å². The van der Waals surface area contributed by atoms with Gasteiger partial charge in [0.15, 0.2) is 0 Å². The maximum Gasteiger partial charge on any atom is 0.330 e. The van der Waals surface area contributed by atoms with Crippen LogP contribution >= 0.6 is 0 Å². The fraction of sp³-hybridized carbons (Fsp3) is 0.769. The first-order valence-corrected chi connectivity index (χ1v) is 6.79. The highest BCUT2D eigenvalue weighted by molar-refractivity contribution is 5.01. The molecule has 4 nitrogen and oxygen atoms in total. The molecule has 2 atom stereocenters. The van der Waals surface area contributed by atoms with Gasteiger partial charge in [-0.2, -0.15) is 13.9 Å². The van der Waals surface area contributed by atoms with Gasteiger partial charge in [0, 0.05) is 24.7 Å². The second-order valence-electron chi connectivity index (χ2n) is 5.09. The Morgan fingerprint density at radius 2 is 2.10 bits per heavy atom. The van der Waals surface area contributed by atoms with Gasteiger partial charge in [-0.15, -0.1) is 0 Å². The molecule has 1 rings (SSSR count). The summed E-state index contributed by atoms with van der Waals surface area (Å²) < 4.78 is 55.5. The lowest BCUT2D eigenvalue weighted by Crippen LogP contribution is -2.36. The third-order valence-electron chi connectivity index (χ3n) is 3.12. The SMILES string of the molecule is CCC(C)n1ccc(CC(N)COCC(F)(F)C(F)F)n1. The molecule has 0 aromatic carbocycles. The number of ether oxygens (including phenoxy) is 1. The molecule has 2 unspecified atom stereocenters. The molecule has 0 bridgehead atoms. The van der Waals surface area contributed by atoms with Gasteiger partial charge < -0.3 is 10.5 Å². The van der Waals surface area contributed by atoms with E-state index in [2.05, 4.69) is 9.84 Å². The zero-order valence-corrected chi connectivity index (χ0v) is 12.1. The molecule has 2 N–H and O–H groups in total. The standard InChI is InChI=1S/C13H21F4N3O/c1-3-9(2)20-5-4-11(19-20)6-10(18)7-21-8-13(16,17)12(14)15/h4-5,9-10,12H,3,6-8,18H2,1-2H3. The summed E-state index contributed by atoms with van der Waals surface area (Å²) in [6.45, 7) is 2.50. The minimum absolute atomic E-state index is 0.224. The van der Waals surface area contributed by atoms with Crippen molar-refractivity contribution >= 4 is 0 Å². The summed E-state index contributed by atoms with van der Waals surface area (Å²) in [6.07, 6.45) is -0.648. The molecule has 0 saturated carbocycles. The Bertz CT molecular complexity index is 425. The van der Waals surface area contributed by atoms with Gasteiger partial charge in [0.2, 0.25) is 0 Å². The van der Waals surface area contributed by atoms with E-state index in [0.29, 0.717) is 12.1 Å². The molecule has 122 valence electrons. The smallest absolute Gasteiger partial charge is 0.330 e. The van der Waals surface area contributed by atoms with Crippen LogP contribution in [0.25, 0.3) is 0 Å². The molecule has 0 saturated heterocycles. The van der Waals surface area contributed by atoms with E-state index in [-0.39, 0.29) is 12.6 Å². The molecule has 1 aromatic heterocycles. The van der Waals surface area contributed by atoms with Crippen molar-refractivity contribution < 1.29 is 22.3 Å². The Labute approximate surface area is 121 Å². The molecule has 0 aliphatic rings. The van der Waals surface area contributed by atoms with Crippen LogP contribution in [0.4, 0.5) is 17.6 Å². The largest absolute Gasteiger partial charge is 0.373 e. The van der Waals surface area contributed by atoms with Gasteiger partial charge >= 0.3 is 12.3 Å². The highest BCUT2D eigenvalue weighted by Crippen LogP contribution is 2.22. The van der Waals surface area contributed by atoms with Crippen LogP contribution in [-0.4, -0.2) is 41.4 Å². The van der Waals surface area contributed by atoms with Crippen LogP contribution in [0.15, 0.2) is 12.3 Å². The first kappa shape index (κ1) is 17.9. The van der Waals surface area contributed by atoms with Crippen molar-refractivity contribution in [3.63, 3.8) is 0 Å². The highest BCUT2D eigenvalue weighted by atomic mass is 19.3. The maximum atomic E-state index is 12.6. The van der Waals surface area contributed by atoms with Crippen molar-refractivity contribution in [2.45, 2.75) is 51.1 Å². The molecular weight excluding hydrogens is 290 g/mol. The summed E-state index contributed by atoms with van der Waals surface area (Å²) in [5.74, 6) is -4.14. The van der Waals surface area contributed by atoms with E-state index in [1.807, 2.05) is 20.0 Å². The van der Waals surface area contributed by atoms with Crippen molar-refractivity contribution in [1.29, 1.82) is 0 Å². The lowest BCUT2D eigenvalue weighted by atomic mass is 10.2. The molecule has 1 aromatic rings. The first-order chi connectivity index (χ1) is 9.76. The van der Waals surface area contributed by atoms with E-state index in [4.69, 9.17) is 5.73 Å². The number of nitrogens with zero attached hydrogens (tertiary/aromatic N) is 2. The van der Waals surface area contributed by atoms with Crippen LogP contribution in [0.3, 0.4) is 0 Å². The fourth-order valence-corrected chi connectivity index (χ4v) is 1.66. The zero-order chi connectivity index (χ0) is 16.0. The van der Waals surface area contributed by atoms with E-state index in [0.717, 1.165) is 6.42 Å². The molecule has 0 aliphatic carbocycles. The van der Waals surface area contributed by atoms with Crippen LogP contribution in [0, 0.1) is 0 Å². The van der Waals surface area contributed by atoms with Crippen molar-refractivity contribution in [2.24, 2.45) is 5.73 Å². The summed E-state index contributed by atoms with van der Waals surface area (Å²) in [4.78, 5) is 0. The van der Waals surface area contributed by atoms with Gasteiger partial charge in [-0.05, 0) is 19.4 Å². The number of nitrogens with two attached hydrogens (primary N) is 1. The Hall–Kier alpha value is -1.15.